The number of fused-ring (bicyclic) bond motifs is 1. The highest BCUT2D eigenvalue weighted by atomic mass is 19.1. The summed E-state index contributed by atoms with van der Waals surface area (Å²) in [5.74, 6) is -0.212. The number of hydrogen-bond donors (Lipinski definition) is 0. The molecule has 1 aromatic carbocycles. The molecule has 7 nitrogen and oxygen atoms in total. The molecule has 3 aromatic heterocycles. The Bertz CT molecular complexity index is 1430. The quantitative estimate of drug-likeness (QED) is 0.427. The third-order valence-electron chi connectivity index (χ3n) is 6.99. The summed E-state index contributed by atoms with van der Waals surface area (Å²) in [6.45, 7) is 2.19. The minimum absolute atomic E-state index is 0.104. The molecule has 0 amide bonds. The van der Waals surface area contributed by atoms with Crippen LogP contribution in [0.3, 0.4) is 0 Å². The zero-order valence-corrected chi connectivity index (χ0v) is 19.5. The van der Waals surface area contributed by atoms with E-state index in [1.807, 2.05) is 30.7 Å². The Morgan fingerprint density at radius 1 is 1.03 bits per heavy atom. The van der Waals surface area contributed by atoms with Crippen molar-refractivity contribution < 1.29 is 4.39 Å². The van der Waals surface area contributed by atoms with Crippen LogP contribution in [0.15, 0.2) is 66.3 Å². The molecule has 8 heteroatoms. The molecule has 1 unspecified atom stereocenters. The van der Waals surface area contributed by atoms with Gasteiger partial charge in [-0.05, 0) is 68.7 Å². The first-order valence-corrected chi connectivity index (χ1v) is 12.0. The molecular formula is C27H26FN7. The fraction of sp³-hybridized carbons (Fsp3) is 0.296. The molecule has 5 heterocycles. The first-order chi connectivity index (χ1) is 17.2. The van der Waals surface area contributed by atoms with Crippen molar-refractivity contribution in [3.8, 4) is 11.3 Å². The van der Waals surface area contributed by atoms with Gasteiger partial charge in [-0.25, -0.2) is 14.4 Å². The average molecular weight is 468 g/mol. The van der Waals surface area contributed by atoms with Crippen molar-refractivity contribution in [3.63, 3.8) is 0 Å². The number of piperidine rings is 1. The maximum Gasteiger partial charge on any atom is 0.179 e. The van der Waals surface area contributed by atoms with Gasteiger partial charge >= 0.3 is 0 Å². The third kappa shape index (κ3) is 4.25. The summed E-state index contributed by atoms with van der Waals surface area (Å²) in [7, 11) is 2.17. The highest BCUT2D eigenvalue weighted by Crippen LogP contribution is 2.36. The largest absolute Gasteiger partial charge is 0.306 e. The van der Waals surface area contributed by atoms with E-state index in [-0.39, 0.29) is 11.7 Å². The van der Waals surface area contributed by atoms with Crippen molar-refractivity contribution in [2.45, 2.75) is 31.2 Å². The fourth-order valence-corrected chi connectivity index (χ4v) is 4.97. The molecule has 0 N–H and O–H groups in total. The first-order valence-electron chi connectivity index (χ1n) is 12.0. The Labute approximate surface area is 203 Å². The summed E-state index contributed by atoms with van der Waals surface area (Å²) >= 11 is 0. The SMILES string of the molecule is CN1CCC(n2cc(C3C=NC=C(c4cc(-c5ccccc5F)nc5nccnc45)C3)cn2)CC1. The van der Waals surface area contributed by atoms with Crippen molar-refractivity contribution in [1.29, 1.82) is 0 Å². The summed E-state index contributed by atoms with van der Waals surface area (Å²) < 4.78 is 16.7. The Morgan fingerprint density at radius 3 is 2.71 bits per heavy atom. The van der Waals surface area contributed by atoms with E-state index in [2.05, 4.69) is 42.8 Å². The van der Waals surface area contributed by atoms with Gasteiger partial charge in [0.2, 0.25) is 0 Å². The monoisotopic (exact) mass is 467 g/mol. The molecule has 0 saturated carbocycles. The van der Waals surface area contributed by atoms with E-state index in [0.717, 1.165) is 49.1 Å². The molecule has 0 aliphatic carbocycles. The van der Waals surface area contributed by atoms with Gasteiger partial charge in [-0.2, -0.15) is 5.10 Å². The lowest BCUT2D eigenvalue weighted by atomic mass is 9.89. The van der Waals surface area contributed by atoms with Crippen molar-refractivity contribution in [2.75, 3.05) is 20.1 Å². The Kier molecular flexibility index (Phi) is 5.66. The summed E-state index contributed by atoms with van der Waals surface area (Å²) in [5.41, 5.74) is 5.21. The second kappa shape index (κ2) is 9.11. The van der Waals surface area contributed by atoms with Crippen LogP contribution in [0.1, 0.15) is 42.3 Å². The summed E-state index contributed by atoms with van der Waals surface area (Å²) in [5, 5.41) is 4.69. The Morgan fingerprint density at radius 2 is 1.86 bits per heavy atom. The highest BCUT2D eigenvalue weighted by Gasteiger charge is 2.24. The second-order valence-electron chi connectivity index (χ2n) is 9.31. The number of pyridine rings is 1. The molecular weight excluding hydrogens is 441 g/mol. The second-order valence-corrected chi connectivity index (χ2v) is 9.31. The van der Waals surface area contributed by atoms with Gasteiger partial charge in [0.15, 0.2) is 5.65 Å². The van der Waals surface area contributed by atoms with Crippen molar-refractivity contribution in [2.24, 2.45) is 4.99 Å². The van der Waals surface area contributed by atoms with E-state index >= 15 is 0 Å². The number of hydrogen-bond acceptors (Lipinski definition) is 6. The molecule has 1 atom stereocenters. The van der Waals surface area contributed by atoms with Gasteiger partial charge in [0.05, 0.1) is 17.9 Å². The van der Waals surface area contributed by atoms with Crippen LogP contribution in [-0.4, -0.2) is 56.0 Å². The van der Waals surface area contributed by atoms with Gasteiger partial charge in [-0.3, -0.25) is 14.7 Å². The molecule has 1 fully saturated rings. The Balaban J connectivity index is 1.32. The molecule has 2 aliphatic rings. The summed E-state index contributed by atoms with van der Waals surface area (Å²) in [4.78, 5) is 20.5. The molecule has 0 radical (unpaired) electrons. The van der Waals surface area contributed by atoms with Crippen molar-refractivity contribution >= 4 is 23.0 Å². The smallest absolute Gasteiger partial charge is 0.179 e. The molecule has 4 aromatic rings. The molecule has 2 aliphatic heterocycles. The van der Waals surface area contributed by atoms with Gasteiger partial charge in [-0.15, -0.1) is 0 Å². The number of rotatable bonds is 4. The van der Waals surface area contributed by atoms with E-state index in [9.17, 15) is 4.39 Å². The highest BCUT2D eigenvalue weighted by molar-refractivity contribution is 5.91. The van der Waals surface area contributed by atoms with Crippen LogP contribution in [0.25, 0.3) is 28.0 Å². The van der Waals surface area contributed by atoms with Crippen molar-refractivity contribution in [1.82, 2.24) is 29.6 Å². The number of aromatic nitrogens is 5. The maximum atomic E-state index is 14.6. The standard InChI is InChI=1S/C27H26FN7/c1-34-10-6-21(7-11-34)35-17-20(16-32-35)18-12-19(15-29-14-18)23-13-25(22-4-2-3-5-24(22)28)33-27-26(23)30-8-9-31-27/h2-5,8-9,13-18,21H,6-7,10-12H2,1H3. The summed E-state index contributed by atoms with van der Waals surface area (Å²) in [6, 6.07) is 9.01. The van der Waals surface area contributed by atoms with Gasteiger partial charge in [0.25, 0.3) is 0 Å². The maximum absolute atomic E-state index is 14.6. The number of benzene rings is 1. The molecule has 0 spiro atoms. The number of halogens is 1. The predicted octanol–water partition coefficient (Wildman–Crippen LogP) is 4.89. The summed E-state index contributed by atoms with van der Waals surface area (Å²) in [6.07, 6.45) is 14.2. The normalized spacial score (nSPS) is 19.3. The van der Waals surface area contributed by atoms with Crippen LogP contribution >= 0.6 is 0 Å². The van der Waals surface area contributed by atoms with Gasteiger partial charge in [0, 0.05) is 48.0 Å². The van der Waals surface area contributed by atoms with Gasteiger partial charge < -0.3 is 4.90 Å². The number of likely N-dealkylation sites (tertiary alicyclic amines) is 1. The first kappa shape index (κ1) is 21.7. The van der Waals surface area contributed by atoms with Crippen LogP contribution < -0.4 is 0 Å². The molecule has 1 saturated heterocycles. The fourth-order valence-electron chi connectivity index (χ4n) is 4.97. The van der Waals surface area contributed by atoms with Crippen molar-refractivity contribution in [3.05, 3.63) is 78.3 Å². The number of allylic oxidation sites excluding steroid dienone is 1. The topological polar surface area (TPSA) is 72.1 Å². The minimum atomic E-state index is -0.316. The third-order valence-corrected chi connectivity index (χ3v) is 6.99. The zero-order chi connectivity index (χ0) is 23.8. The van der Waals surface area contributed by atoms with E-state index in [0.29, 0.717) is 28.5 Å². The molecule has 0 bridgehead atoms. The van der Waals surface area contributed by atoms with E-state index in [1.54, 1.807) is 24.5 Å². The lowest BCUT2D eigenvalue weighted by Crippen LogP contribution is -2.31. The molecule has 35 heavy (non-hydrogen) atoms. The van der Waals surface area contributed by atoms with E-state index in [1.165, 1.54) is 6.07 Å². The van der Waals surface area contributed by atoms with E-state index < -0.39 is 0 Å². The van der Waals surface area contributed by atoms with E-state index in [4.69, 9.17) is 5.10 Å². The van der Waals surface area contributed by atoms with Crippen LogP contribution in [0, 0.1) is 5.82 Å². The van der Waals surface area contributed by atoms with Crippen LogP contribution in [0.5, 0.6) is 0 Å². The Hall–Kier alpha value is -3.78. The van der Waals surface area contributed by atoms with Crippen LogP contribution in [-0.2, 0) is 0 Å². The van der Waals surface area contributed by atoms with Gasteiger partial charge in [0.1, 0.15) is 11.3 Å². The predicted molar refractivity (Wildman–Crippen MR) is 135 cm³/mol. The van der Waals surface area contributed by atoms with Crippen LogP contribution in [0.4, 0.5) is 4.39 Å². The minimum Gasteiger partial charge on any atom is -0.306 e. The van der Waals surface area contributed by atoms with Crippen LogP contribution in [0.2, 0.25) is 0 Å². The lowest BCUT2D eigenvalue weighted by molar-refractivity contribution is 0.212. The lowest BCUT2D eigenvalue weighted by Gasteiger charge is -2.29. The molecule has 6 rings (SSSR count). The number of aliphatic imine (C=N–C) groups is 1. The van der Waals surface area contributed by atoms with Gasteiger partial charge in [-0.1, -0.05) is 12.1 Å². The number of nitrogens with zero attached hydrogens (tertiary/aromatic N) is 7. The molecule has 176 valence electrons. The zero-order valence-electron chi connectivity index (χ0n) is 19.5. The average Bonchev–Trinajstić information content (AvgIpc) is 3.39.